The number of hydrogen-bond acceptors (Lipinski definition) is 3. The van der Waals surface area contributed by atoms with Gasteiger partial charge in [0.05, 0.1) is 4.90 Å². The van der Waals surface area contributed by atoms with Crippen molar-refractivity contribution in [3.05, 3.63) is 46.7 Å². The van der Waals surface area contributed by atoms with Gasteiger partial charge in [-0.1, -0.05) is 17.7 Å². The van der Waals surface area contributed by atoms with Crippen LogP contribution in [0.4, 0.5) is 19.1 Å². The Labute approximate surface area is 126 Å². The Hall–Kier alpha value is -1.96. The van der Waals surface area contributed by atoms with Gasteiger partial charge in [-0.2, -0.15) is 13.2 Å². The molecule has 1 aromatic heterocycles. The zero-order chi connectivity index (χ0) is 16.7. The second kappa shape index (κ2) is 5.35. The third-order valence-corrected chi connectivity index (χ3v) is 4.65. The van der Waals surface area contributed by atoms with E-state index in [2.05, 4.69) is 4.42 Å². The first-order valence-corrected chi connectivity index (χ1v) is 7.77. The Morgan fingerprint density at radius 1 is 1.05 bits per heavy atom. The fourth-order valence-corrected chi connectivity index (χ4v) is 3.76. The summed E-state index contributed by atoms with van der Waals surface area (Å²) in [4.78, 5) is 0.0306. The third kappa shape index (κ3) is 3.27. The minimum atomic E-state index is -4.67. The highest BCUT2D eigenvalue weighted by molar-refractivity contribution is 7.92. The number of benzene rings is 1. The van der Waals surface area contributed by atoms with E-state index in [0.29, 0.717) is 17.2 Å². The molecule has 0 amide bonds. The maximum atomic E-state index is 12.5. The van der Waals surface area contributed by atoms with E-state index in [9.17, 15) is 21.6 Å². The van der Waals surface area contributed by atoms with Gasteiger partial charge in [-0.15, -0.1) is 0 Å². The normalized spacial score (nSPS) is 12.5. The molecular formula is C14H14F3NO3S. The summed E-state index contributed by atoms with van der Waals surface area (Å²) in [5.74, 6) is -1.74. The molecule has 1 aromatic carbocycles. The van der Waals surface area contributed by atoms with Crippen LogP contribution in [0.15, 0.2) is 33.6 Å². The van der Waals surface area contributed by atoms with Crippen molar-refractivity contribution < 1.29 is 26.0 Å². The second-order valence-corrected chi connectivity index (χ2v) is 6.61. The summed E-state index contributed by atoms with van der Waals surface area (Å²) in [7, 11) is -4.03. The molecule has 0 aliphatic carbocycles. The molecule has 1 heterocycles. The maximum absolute atomic E-state index is 12.5. The molecule has 0 unspecified atom stereocenters. The molecule has 0 fully saturated rings. The van der Waals surface area contributed by atoms with Gasteiger partial charge in [-0.3, -0.25) is 0 Å². The Morgan fingerprint density at radius 2 is 1.59 bits per heavy atom. The van der Waals surface area contributed by atoms with E-state index in [1.165, 1.54) is 0 Å². The number of alkyl halides is 3. The van der Waals surface area contributed by atoms with Crippen molar-refractivity contribution in [2.24, 2.45) is 0 Å². The van der Waals surface area contributed by atoms with Gasteiger partial charge >= 0.3 is 6.18 Å². The van der Waals surface area contributed by atoms with Crippen LogP contribution >= 0.6 is 0 Å². The predicted octanol–water partition coefficient (Wildman–Crippen LogP) is 4.02. The molecule has 0 aliphatic rings. The molecule has 1 N–H and O–H groups in total. The summed E-state index contributed by atoms with van der Waals surface area (Å²) < 4.78 is 68.6. The third-order valence-electron chi connectivity index (χ3n) is 2.99. The summed E-state index contributed by atoms with van der Waals surface area (Å²) in [6.45, 7) is 5.07. The van der Waals surface area contributed by atoms with Crippen LogP contribution in [0, 0.1) is 20.8 Å². The van der Waals surface area contributed by atoms with Gasteiger partial charge in [0.1, 0.15) is 0 Å². The highest BCUT2D eigenvalue weighted by Gasteiger charge is 2.35. The van der Waals surface area contributed by atoms with Crippen molar-refractivity contribution in [1.82, 2.24) is 0 Å². The molecule has 0 radical (unpaired) electrons. The van der Waals surface area contributed by atoms with Gasteiger partial charge in [0, 0.05) is 6.07 Å². The largest absolute Gasteiger partial charge is 0.449 e. The molecule has 0 saturated heterocycles. The van der Waals surface area contributed by atoms with Crippen LogP contribution in [0.2, 0.25) is 0 Å². The Kier molecular flexibility index (Phi) is 3.99. The first-order chi connectivity index (χ1) is 10.0. The van der Waals surface area contributed by atoms with Crippen LogP contribution in [0.3, 0.4) is 0 Å². The summed E-state index contributed by atoms with van der Waals surface area (Å²) >= 11 is 0. The van der Waals surface area contributed by atoms with E-state index in [1.807, 2.05) is 11.6 Å². The summed E-state index contributed by atoms with van der Waals surface area (Å²) in [5.41, 5.74) is 1.91. The van der Waals surface area contributed by atoms with Crippen molar-refractivity contribution in [3.8, 4) is 0 Å². The lowest BCUT2D eigenvalue weighted by molar-refractivity contribution is -0.152. The molecule has 0 bridgehead atoms. The SMILES string of the molecule is Cc1cc(C)c(S(=O)(=O)Nc2ccc(C(F)(F)F)o2)c(C)c1. The van der Waals surface area contributed by atoms with E-state index in [1.54, 1.807) is 26.0 Å². The Bertz CT molecular complexity index is 784. The maximum Gasteiger partial charge on any atom is 0.449 e. The average Bonchev–Trinajstić information content (AvgIpc) is 2.73. The number of sulfonamides is 1. The first-order valence-electron chi connectivity index (χ1n) is 6.28. The molecule has 8 heteroatoms. The molecule has 0 atom stereocenters. The van der Waals surface area contributed by atoms with Crippen molar-refractivity contribution in [1.29, 1.82) is 0 Å². The minimum absolute atomic E-state index is 0.0306. The molecule has 4 nitrogen and oxygen atoms in total. The summed E-state index contributed by atoms with van der Waals surface area (Å²) in [5, 5.41) is 0. The van der Waals surface area contributed by atoms with Crippen molar-refractivity contribution in [2.45, 2.75) is 31.8 Å². The van der Waals surface area contributed by atoms with Gasteiger partial charge < -0.3 is 4.42 Å². The van der Waals surface area contributed by atoms with Crippen molar-refractivity contribution in [2.75, 3.05) is 4.72 Å². The van der Waals surface area contributed by atoms with Gasteiger partial charge in [0.15, 0.2) is 0 Å². The fraction of sp³-hybridized carbons (Fsp3) is 0.286. The summed E-state index contributed by atoms with van der Waals surface area (Å²) in [6.07, 6.45) is -4.67. The standard InChI is InChI=1S/C14H14F3NO3S/c1-8-6-9(2)13(10(3)7-8)22(19,20)18-12-5-4-11(21-12)14(15,16)17/h4-7,18H,1-3H3. The molecule has 0 aliphatic heterocycles. The van der Waals surface area contributed by atoms with Crippen molar-refractivity contribution in [3.63, 3.8) is 0 Å². The van der Waals surface area contributed by atoms with E-state index in [0.717, 1.165) is 11.6 Å². The first kappa shape index (κ1) is 16.4. The number of rotatable bonds is 3. The quantitative estimate of drug-likeness (QED) is 0.923. The molecule has 120 valence electrons. The second-order valence-electron chi connectivity index (χ2n) is 4.99. The average molecular weight is 333 g/mol. The number of nitrogens with one attached hydrogen (secondary N) is 1. The zero-order valence-electron chi connectivity index (χ0n) is 12.1. The Balaban J connectivity index is 2.39. The molecule has 2 aromatic rings. The van der Waals surface area contributed by atoms with Crippen molar-refractivity contribution >= 4 is 15.9 Å². The minimum Gasteiger partial charge on any atom is -0.435 e. The lowest BCUT2D eigenvalue weighted by atomic mass is 10.1. The molecular weight excluding hydrogens is 319 g/mol. The molecule has 0 saturated carbocycles. The highest BCUT2D eigenvalue weighted by Crippen LogP contribution is 2.33. The predicted molar refractivity (Wildman–Crippen MR) is 75.2 cm³/mol. The van der Waals surface area contributed by atoms with Gasteiger partial charge in [0.25, 0.3) is 10.0 Å². The number of halogens is 3. The number of hydrogen-bond donors (Lipinski definition) is 1. The van der Waals surface area contributed by atoms with Gasteiger partial charge in [0.2, 0.25) is 11.6 Å². The monoisotopic (exact) mass is 333 g/mol. The number of furan rings is 1. The van der Waals surface area contributed by atoms with Gasteiger partial charge in [-0.05, 0) is 38.0 Å². The lowest BCUT2D eigenvalue weighted by Gasteiger charge is -2.12. The van der Waals surface area contributed by atoms with Crippen LogP contribution < -0.4 is 4.72 Å². The smallest absolute Gasteiger partial charge is 0.435 e. The van der Waals surface area contributed by atoms with Crippen LogP contribution in [0.25, 0.3) is 0 Å². The van der Waals surface area contributed by atoms with E-state index >= 15 is 0 Å². The molecule has 22 heavy (non-hydrogen) atoms. The molecule has 2 rings (SSSR count). The van der Waals surface area contributed by atoms with Crippen LogP contribution in [0.1, 0.15) is 22.5 Å². The van der Waals surface area contributed by atoms with E-state index in [4.69, 9.17) is 0 Å². The van der Waals surface area contributed by atoms with Gasteiger partial charge in [-0.25, -0.2) is 13.1 Å². The zero-order valence-corrected chi connectivity index (χ0v) is 12.9. The van der Waals surface area contributed by atoms with Crippen LogP contribution in [-0.4, -0.2) is 8.42 Å². The highest BCUT2D eigenvalue weighted by atomic mass is 32.2. The topological polar surface area (TPSA) is 59.3 Å². The fourth-order valence-electron chi connectivity index (χ4n) is 2.32. The Morgan fingerprint density at radius 3 is 2.05 bits per heavy atom. The lowest BCUT2D eigenvalue weighted by Crippen LogP contribution is -2.15. The molecule has 0 spiro atoms. The van der Waals surface area contributed by atoms with E-state index < -0.39 is 27.8 Å². The van der Waals surface area contributed by atoms with E-state index in [-0.39, 0.29) is 4.90 Å². The van der Waals surface area contributed by atoms with Crippen LogP contribution in [0.5, 0.6) is 0 Å². The number of aryl methyl sites for hydroxylation is 3. The number of anilines is 1. The summed E-state index contributed by atoms with van der Waals surface area (Å²) in [6, 6.07) is 4.97. The van der Waals surface area contributed by atoms with Crippen LogP contribution in [-0.2, 0) is 16.2 Å².